The van der Waals surface area contributed by atoms with Crippen molar-refractivity contribution < 1.29 is 14.3 Å². The molecule has 19 heavy (non-hydrogen) atoms. The van der Waals surface area contributed by atoms with Crippen LogP contribution >= 0.6 is 11.6 Å². The highest BCUT2D eigenvalue weighted by molar-refractivity contribution is 6.30. The summed E-state index contributed by atoms with van der Waals surface area (Å²) in [6, 6.07) is 3.76. The zero-order valence-corrected chi connectivity index (χ0v) is 11.2. The molecular formula is C13H15ClN2O3. The number of hydrogen-bond donors (Lipinski definition) is 1. The monoisotopic (exact) mass is 282 g/mol. The predicted molar refractivity (Wildman–Crippen MR) is 70.0 cm³/mol. The van der Waals surface area contributed by atoms with Gasteiger partial charge in [0.1, 0.15) is 5.75 Å². The average molecular weight is 283 g/mol. The highest BCUT2D eigenvalue weighted by Crippen LogP contribution is 2.32. The zero-order chi connectivity index (χ0) is 13.2. The average Bonchev–Trinajstić information content (AvgIpc) is 2.38. The Morgan fingerprint density at radius 2 is 2.32 bits per heavy atom. The third-order valence-corrected chi connectivity index (χ3v) is 3.48. The van der Waals surface area contributed by atoms with Gasteiger partial charge >= 0.3 is 0 Å². The molecule has 1 aromatic rings. The van der Waals surface area contributed by atoms with Crippen LogP contribution in [0.3, 0.4) is 0 Å². The van der Waals surface area contributed by atoms with Gasteiger partial charge in [-0.1, -0.05) is 11.6 Å². The number of hydrogen-bond acceptors (Lipinski definition) is 4. The molecule has 0 unspecified atom stereocenters. The Morgan fingerprint density at radius 3 is 3.16 bits per heavy atom. The Morgan fingerprint density at radius 1 is 1.42 bits per heavy atom. The fraction of sp³-hybridized carbons (Fsp3) is 0.462. The van der Waals surface area contributed by atoms with E-state index in [-0.39, 0.29) is 12.7 Å². The van der Waals surface area contributed by atoms with Crippen molar-refractivity contribution in [2.24, 2.45) is 0 Å². The number of amides is 1. The molecule has 2 aliphatic heterocycles. The molecule has 0 saturated carbocycles. The molecule has 102 valence electrons. The van der Waals surface area contributed by atoms with Crippen molar-refractivity contribution in [3.63, 3.8) is 0 Å². The lowest BCUT2D eigenvalue weighted by molar-refractivity contribution is -0.124. The van der Waals surface area contributed by atoms with Crippen LogP contribution in [0.25, 0.3) is 0 Å². The fourth-order valence-corrected chi connectivity index (χ4v) is 2.70. The van der Waals surface area contributed by atoms with Crippen molar-refractivity contribution in [3.8, 4) is 5.75 Å². The van der Waals surface area contributed by atoms with Gasteiger partial charge in [-0.2, -0.15) is 0 Å². The lowest BCUT2D eigenvalue weighted by Crippen LogP contribution is -2.47. The lowest BCUT2D eigenvalue weighted by Gasteiger charge is -2.28. The first-order valence-electron chi connectivity index (χ1n) is 6.23. The SMILES string of the molecule is O=C1CN(Cc2cc(Cl)cc3c2OCOC3)CCN1. The molecule has 1 N–H and O–H groups in total. The summed E-state index contributed by atoms with van der Waals surface area (Å²) >= 11 is 6.12. The van der Waals surface area contributed by atoms with Gasteiger partial charge in [0.2, 0.25) is 5.91 Å². The maximum atomic E-state index is 11.4. The van der Waals surface area contributed by atoms with E-state index >= 15 is 0 Å². The number of ether oxygens (including phenoxy) is 2. The van der Waals surface area contributed by atoms with Gasteiger partial charge in [0.15, 0.2) is 6.79 Å². The molecule has 3 rings (SSSR count). The van der Waals surface area contributed by atoms with Crippen LogP contribution in [0.2, 0.25) is 5.02 Å². The molecule has 5 nitrogen and oxygen atoms in total. The molecule has 0 atom stereocenters. The van der Waals surface area contributed by atoms with Gasteiger partial charge in [0.25, 0.3) is 0 Å². The van der Waals surface area contributed by atoms with Crippen LogP contribution < -0.4 is 10.1 Å². The Kier molecular flexibility index (Phi) is 3.59. The van der Waals surface area contributed by atoms with Crippen LogP contribution in [0.5, 0.6) is 5.75 Å². The molecule has 1 amide bonds. The number of benzene rings is 1. The number of carbonyl (C=O) groups is 1. The van der Waals surface area contributed by atoms with Gasteiger partial charge in [-0.15, -0.1) is 0 Å². The maximum absolute atomic E-state index is 11.4. The first kappa shape index (κ1) is 12.7. The van der Waals surface area contributed by atoms with Gasteiger partial charge in [0.05, 0.1) is 13.2 Å². The van der Waals surface area contributed by atoms with Gasteiger partial charge in [-0.3, -0.25) is 9.69 Å². The maximum Gasteiger partial charge on any atom is 0.234 e. The smallest absolute Gasteiger partial charge is 0.234 e. The summed E-state index contributed by atoms with van der Waals surface area (Å²) in [6.07, 6.45) is 0. The van der Waals surface area contributed by atoms with Crippen molar-refractivity contribution in [2.75, 3.05) is 26.4 Å². The molecule has 0 radical (unpaired) electrons. The second-order valence-corrected chi connectivity index (χ2v) is 5.16. The van der Waals surface area contributed by atoms with Gasteiger partial charge < -0.3 is 14.8 Å². The van der Waals surface area contributed by atoms with Crippen molar-refractivity contribution in [1.82, 2.24) is 10.2 Å². The molecule has 0 bridgehead atoms. The number of rotatable bonds is 2. The first-order chi connectivity index (χ1) is 9.22. The Bertz CT molecular complexity index is 507. The lowest BCUT2D eigenvalue weighted by atomic mass is 10.1. The second kappa shape index (κ2) is 5.36. The summed E-state index contributed by atoms with van der Waals surface area (Å²) < 4.78 is 10.8. The fourth-order valence-electron chi connectivity index (χ4n) is 2.44. The number of carbonyl (C=O) groups excluding carboxylic acids is 1. The Labute approximate surface area is 116 Å². The summed E-state index contributed by atoms with van der Waals surface area (Å²) in [5, 5.41) is 3.48. The molecule has 2 aliphatic rings. The zero-order valence-electron chi connectivity index (χ0n) is 10.4. The molecule has 1 fully saturated rings. The Balaban J connectivity index is 1.83. The van der Waals surface area contributed by atoms with Gasteiger partial charge in [0, 0.05) is 35.8 Å². The van der Waals surface area contributed by atoms with E-state index in [4.69, 9.17) is 21.1 Å². The largest absolute Gasteiger partial charge is 0.467 e. The van der Waals surface area contributed by atoms with Crippen LogP contribution in [0, 0.1) is 0 Å². The van der Waals surface area contributed by atoms with Crippen molar-refractivity contribution in [2.45, 2.75) is 13.2 Å². The summed E-state index contributed by atoms with van der Waals surface area (Å²) in [4.78, 5) is 13.5. The van der Waals surface area contributed by atoms with Gasteiger partial charge in [-0.05, 0) is 12.1 Å². The van der Waals surface area contributed by atoms with E-state index in [1.807, 2.05) is 12.1 Å². The van der Waals surface area contributed by atoms with Crippen LogP contribution in [0.15, 0.2) is 12.1 Å². The third-order valence-electron chi connectivity index (χ3n) is 3.26. The van der Waals surface area contributed by atoms with Crippen LogP contribution in [0.4, 0.5) is 0 Å². The summed E-state index contributed by atoms with van der Waals surface area (Å²) in [5.41, 5.74) is 1.98. The van der Waals surface area contributed by atoms with Crippen LogP contribution in [-0.4, -0.2) is 37.2 Å². The van der Waals surface area contributed by atoms with E-state index in [1.54, 1.807) is 0 Å². The summed E-state index contributed by atoms with van der Waals surface area (Å²) in [6.45, 7) is 3.38. The van der Waals surface area contributed by atoms with E-state index in [9.17, 15) is 4.79 Å². The second-order valence-electron chi connectivity index (χ2n) is 4.72. The van der Waals surface area contributed by atoms with E-state index in [2.05, 4.69) is 10.2 Å². The number of piperazine rings is 1. The standard InChI is InChI=1S/C13H15ClN2O3/c14-11-3-9(5-16-2-1-15-12(17)6-16)13-10(4-11)7-18-8-19-13/h3-4H,1-2,5-8H2,(H,15,17). The molecule has 1 saturated heterocycles. The van der Waals surface area contributed by atoms with Crippen molar-refractivity contribution in [1.29, 1.82) is 0 Å². The summed E-state index contributed by atoms with van der Waals surface area (Å²) in [7, 11) is 0. The van der Waals surface area contributed by atoms with Gasteiger partial charge in [-0.25, -0.2) is 0 Å². The predicted octanol–water partition coefficient (Wildman–Crippen LogP) is 1.14. The molecule has 6 heteroatoms. The molecule has 1 aromatic carbocycles. The molecule has 2 heterocycles. The van der Waals surface area contributed by atoms with E-state index in [1.165, 1.54) is 0 Å². The number of nitrogens with one attached hydrogen (secondary N) is 1. The highest BCUT2D eigenvalue weighted by Gasteiger charge is 2.21. The third kappa shape index (κ3) is 2.83. The van der Waals surface area contributed by atoms with Crippen molar-refractivity contribution >= 4 is 17.5 Å². The minimum Gasteiger partial charge on any atom is -0.467 e. The molecular weight excluding hydrogens is 268 g/mol. The van der Waals surface area contributed by atoms with E-state index in [0.717, 1.165) is 23.4 Å². The Hall–Kier alpha value is -1.30. The quantitative estimate of drug-likeness (QED) is 0.884. The minimum absolute atomic E-state index is 0.0615. The minimum atomic E-state index is 0.0615. The molecule has 0 aromatic heterocycles. The van der Waals surface area contributed by atoms with Crippen molar-refractivity contribution in [3.05, 3.63) is 28.3 Å². The van der Waals surface area contributed by atoms with Crippen LogP contribution in [-0.2, 0) is 22.7 Å². The number of halogens is 1. The highest BCUT2D eigenvalue weighted by atomic mass is 35.5. The summed E-state index contributed by atoms with van der Waals surface area (Å²) in [5.74, 6) is 0.910. The molecule has 0 spiro atoms. The topological polar surface area (TPSA) is 50.8 Å². The van der Waals surface area contributed by atoms with Crippen LogP contribution in [0.1, 0.15) is 11.1 Å². The number of fused-ring (bicyclic) bond motifs is 1. The first-order valence-corrected chi connectivity index (χ1v) is 6.61. The van der Waals surface area contributed by atoms with E-state index < -0.39 is 0 Å². The van der Waals surface area contributed by atoms with E-state index in [0.29, 0.717) is 31.3 Å². The number of nitrogens with zero attached hydrogens (tertiary/aromatic N) is 1. The molecule has 0 aliphatic carbocycles. The normalized spacial score (nSPS) is 19.5.